The van der Waals surface area contributed by atoms with Crippen molar-refractivity contribution in [3.63, 3.8) is 0 Å². The zero-order valence-corrected chi connectivity index (χ0v) is 13.0. The zero-order chi connectivity index (χ0) is 18.6. The molecule has 0 fully saturated rings. The van der Waals surface area contributed by atoms with Crippen molar-refractivity contribution in [2.75, 3.05) is 11.9 Å². The van der Waals surface area contributed by atoms with Gasteiger partial charge in [-0.2, -0.15) is 4.39 Å². The Bertz CT molecular complexity index is 853. The Labute approximate surface area is 141 Å². The number of nitro groups is 1. The average molecular weight is 348 g/mol. The number of phenols is 1. The van der Waals surface area contributed by atoms with Crippen molar-refractivity contribution >= 4 is 23.3 Å². The highest BCUT2D eigenvalue weighted by Crippen LogP contribution is 2.23. The maximum absolute atomic E-state index is 13.2. The van der Waals surface area contributed by atoms with Crippen molar-refractivity contribution in [3.8, 4) is 5.75 Å². The molecular weight excluding hydrogens is 335 g/mol. The van der Waals surface area contributed by atoms with Gasteiger partial charge in [0.25, 0.3) is 5.91 Å². The lowest BCUT2D eigenvalue weighted by atomic mass is 10.1. The van der Waals surface area contributed by atoms with E-state index in [4.69, 9.17) is 4.74 Å². The Kier molecular flexibility index (Phi) is 5.28. The van der Waals surface area contributed by atoms with Gasteiger partial charge in [-0.05, 0) is 30.7 Å². The molecule has 0 aliphatic rings. The van der Waals surface area contributed by atoms with Crippen LogP contribution in [0.5, 0.6) is 5.75 Å². The van der Waals surface area contributed by atoms with E-state index in [1.165, 1.54) is 6.07 Å². The van der Waals surface area contributed by atoms with Crippen LogP contribution in [0.1, 0.15) is 15.9 Å². The molecule has 0 saturated carbocycles. The molecule has 2 rings (SSSR count). The molecule has 0 spiro atoms. The first-order valence-electron chi connectivity index (χ1n) is 6.99. The minimum Gasteiger partial charge on any atom is -0.507 e. The van der Waals surface area contributed by atoms with Crippen LogP contribution in [0.3, 0.4) is 0 Å². The highest BCUT2D eigenvalue weighted by atomic mass is 19.1. The number of carbonyl (C=O) groups is 2. The number of halogens is 1. The first-order valence-corrected chi connectivity index (χ1v) is 6.99. The van der Waals surface area contributed by atoms with Gasteiger partial charge < -0.3 is 15.2 Å². The number of aryl methyl sites for hydroxylation is 1. The number of anilines is 1. The van der Waals surface area contributed by atoms with Gasteiger partial charge in [-0.15, -0.1) is 0 Å². The Morgan fingerprint density at radius 1 is 1.32 bits per heavy atom. The molecule has 1 amide bonds. The van der Waals surface area contributed by atoms with E-state index in [0.717, 1.165) is 18.2 Å². The predicted octanol–water partition coefficient (Wildman–Crippen LogP) is 2.54. The molecule has 0 aliphatic heterocycles. The quantitative estimate of drug-likeness (QED) is 0.487. The van der Waals surface area contributed by atoms with Crippen LogP contribution < -0.4 is 5.32 Å². The highest BCUT2D eigenvalue weighted by molar-refractivity contribution is 5.97. The minimum atomic E-state index is -1.04. The summed E-state index contributed by atoms with van der Waals surface area (Å²) in [5.41, 5.74) is -0.435. The molecule has 0 radical (unpaired) electrons. The summed E-state index contributed by atoms with van der Waals surface area (Å²) in [5.74, 6) is -2.96. The zero-order valence-electron chi connectivity index (χ0n) is 13.0. The fourth-order valence-electron chi connectivity index (χ4n) is 1.96. The second-order valence-corrected chi connectivity index (χ2v) is 5.02. The van der Waals surface area contributed by atoms with Crippen molar-refractivity contribution in [2.45, 2.75) is 6.92 Å². The van der Waals surface area contributed by atoms with Gasteiger partial charge in [0, 0.05) is 11.8 Å². The SMILES string of the molecule is Cc1cccc(C(=O)OCC(=O)Nc2ccc(F)c([N+](=O)[O-])c2)c1O. The standard InChI is InChI=1S/C16H13FN2O6/c1-9-3-2-4-11(15(9)21)16(22)25-8-14(20)18-10-5-6-12(17)13(7-10)19(23)24/h2-7,21H,8H2,1H3,(H,18,20). The van der Waals surface area contributed by atoms with Gasteiger partial charge in [0.05, 0.1) is 4.92 Å². The number of rotatable bonds is 5. The summed E-state index contributed by atoms with van der Waals surface area (Å²) in [4.78, 5) is 33.3. The summed E-state index contributed by atoms with van der Waals surface area (Å²) < 4.78 is 18.0. The highest BCUT2D eigenvalue weighted by Gasteiger charge is 2.17. The molecule has 2 aromatic carbocycles. The van der Waals surface area contributed by atoms with Crippen LogP contribution >= 0.6 is 0 Å². The lowest BCUT2D eigenvalue weighted by Crippen LogP contribution is -2.21. The summed E-state index contributed by atoms with van der Waals surface area (Å²) in [6, 6.07) is 7.30. The van der Waals surface area contributed by atoms with Crippen LogP contribution in [0.15, 0.2) is 36.4 Å². The number of nitrogens with one attached hydrogen (secondary N) is 1. The molecule has 130 valence electrons. The molecule has 2 aromatic rings. The number of amides is 1. The average Bonchev–Trinajstić information content (AvgIpc) is 2.56. The summed E-state index contributed by atoms with van der Waals surface area (Å²) in [6.45, 7) is 0.914. The maximum atomic E-state index is 13.2. The van der Waals surface area contributed by atoms with Crippen LogP contribution in [-0.2, 0) is 9.53 Å². The van der Waals surface area contributed by atoms with Gasteiger partial charge in [-0.3, -0.25) is 14.9 Å². The molecule has 0 unspecified atom stereocenters. The normalized spacial score (nSPS) is 10.2. The third-order valence-corrected chi connectivity index (χ3v) is 3.22. The molecule has 2 N–H and O–H groups in total. The fraction of sp³-hybridized carbons (Fsp3) is 0.125. The van der Waals surface area contributed by atoms with Crippen LogP contribution in [0.25, 0.3) is 0 Å². The number of nitrogens with zero attached hydrogens (tertiary/aromatic N) is 1. The van der Waals surface area contributed by atoms with Crippen LogP contribution in [0, 0.1) is 22.9 Å². The molecule has 0 atom stereocenters. The van der Waals surface area contributed by atoms with Crippen LogP contribution in [0.4, 0.5) is 15.8 Å². The summed E-state index contributed by atoms with van der Waals surface area (Å²) in [6.07, 6.45) is 0. The molecule has 0 bridgehead atoms. The van der Waals surface area contributed by atoms with Crippen molar-refractivity contribution in [1.29, 1.82) is 0 Å². The molecule has 0 heterocycles. The third kappa shape index (κ3) is 4.28. The van der Waals surface area contributed by atoms with E-state index in [1.807, 2.05) is 0 Å². The number of benzene rings is 2. The number of esters is 1. The van der Waals surface area contributed by atoms with E-state index < -0.39 is 34.9 Å². The Balaban J connectivity index is 1.99. The number of carbonyl (C=O) groups excluding carboxylic acids is 2. The summed E-state index contributed by atoms with van der Waals surface area (Å²) >= 11 is 0. The third-order valence-electron chi connectivity index (χ3n) is 3.22. The smallest absolute Gasteiger partial charge is 0.342 e. The topological polar surface area (TPSA) is 119 Å². The Hall–Kier alpha value is -3.49. The molecule has 25 heavy (non-hydrogen) atoms. The van der Waals surface area contributed by atoms with Crippen LogP contribution in [-0.4, -0.2) is 28.5 Å². The number of para-hydroxylation sites is 1. The number of hydrogen-bond acceptors (Lipinski definition) is 6. The van der Waals surface area contributed by atoms with Gasteiger partial charge in [0.15, 0.2) is 6.61 Å². The fourth-order valence-corrected chi connectivity index (χ4v) is 1.96. The van der Waals surface area contributed by atoms with E-state index in [-0.39, 0.29) is 17.0 Å². The van der Waals surface area contributed by atoms with E-state index in [9.17, 15) is 29.2 Å². The number of aromatic hydroxyl groups is 1. The number of hydrogen-bond donors (Lipinski definition) is 2. The minimum absolute atomic E-state index is 0.0208. The lowest BCUT2D eigenvalue weighted by molar-refractivity contribution is -0.387. The Morgan fingerprint density at radius 2 is 2.04 bits per heavy atom. The van der Waals surface area contributed by atoms with Crippen LogP contribution in [0.2, 0.25) is 0 Å². The van der Waals surface area contributed by atoms with E-state index in [2.05, 4.69) is 5.32 Å². The van der Waals surface area contributed by atoms with Crippen molar-refractivity contribution < 1.29 is 28.7 Å². The predicted molar refractivity (Wildman–Crippen MR) is 84.8 cm³/mol. The van der Waals surface area contributed by atoms with Gasteiger partial charge >= 0.3 is 11.7 Å². The summed E-state index contributed by atoms with van der Waals surface area (Å²) in [7, 11) is 0. The second-order valence-electron chi connectivity index (χ2n) is 5.02. The monoisotopic (exact) mass is 348 g/mol. The van der Waals surface area contributed by atoms with Crippen molar-refractivity contribution in [1.82, 2.24) is 0 Å². The number of nitro benzene ring substituents is 1. The molecular formula is C16H13FN2O6. The Morgan fingerprint density at radius 3 is 2.72 bits per heavy atom. The molecule has 9 heteroatoms. The lowest BCUT2D eigenvalue weighted by Gasteiger charge is -2.08. The van der Waals surface area contributed by atoms with Crippen molar-refractivity contribution in [2.24, 2.45) is 0 Å². The van der Waals surface area contributed by atoms with E-state index >= 15 is 0 Å². The summed E-state index contributed by atoms with van der Waals surface area (Å²) in [5, 5.41) is 22.7. The molecule has 0 aliphatic carbocycles. The largest absolute Gasteiger partial charge is 0.507 e. The number of ether oxygens (including phenoxy) is 1. The first-order chi connectivity index (χ1) is 11.8. The van der Waals surface area contributed by atoms with E-state index in [0.29, 0.717) is 5.56 Å². The van der Waals surface area contributed by atoms with Gasteiger partial charge in [0.2, 0.25) is 5.82 Å². The van der Waals surface area contributed by atoms with Gasteiger partial charge in [-0.25, -0.2) is 4.79 Å². The second kappa shape index (κ2) is 7.39. The van der Waals surface area contributed by atoms with E-state index in [1.54, 1.807) is 19.1 Å². The molecule has 0 saturated heterocycles. The van der Waals surface area contributed by atoms with Gasteiger partial charge in [-0.1, -0.05) is 12.1 Å². The molecule has 0 aromatic heterocycles. The van der Waals surface area contributed by atoms with Crippen molar-refractivity contribution in [3.05, 3.63) is 63.5 Å². The molecule has 8 nitrogen and oxygen atoms in total. The first kappa shape index (κ1) is 17.9. The number of phenolic OH excluding ortho intramolecular Hbond substituents is 1. The maximum Gasteiger partial charge on any atom is 0.342 e. The van der Waals surface area contributed by atoms with Gasteiger partial charge in [0.1, 0.15) is 11.3 Å².